The van der Waals surface area contributed by atoms with Crippen LogP contribution in [0.3, 0.4) is 0 Å². The molecule has 4 heteroatoms. The van der Waals surface area contributed by atoms with Crippen molar-refractivity contribution in [2.45, 2.75) is 19.4 Å². The van der Waals surface area contributed by atoms with Crippen LogP contribution in [-0.2, 0) is 6.54 Å². The molecule has 1 fully saturated rings. The van der Waals surface area contributed by atoms with Gasteiger partial charge in [-0.05, 0) is 25.9 Å². The number of imidazole rings is 1. The van der Waals surface area contributed by atoms with Crippen molar-refractivity contribution in [1.82, 2.24) is 20.2 Å². The molecule has 1 aliphatic rings. The van der Waals surface area contributed by atoms with Gasteiger partial charge in [-0.1, -0.05) is 0 Å². The Morgan fingerprint density at radius 2 is 2.29 bits per heavy atom. The van der Waals surface area contributed by atoms with E-state index in [2.05, 4.69) is 20.2 Å². The van der Waals surface area contributed by atoms with Crippen molar-refractivity contribution in [1.29, 1.82) is 0 Å². The third-order valence-electron chi connectivity index (χ3n) is 2.65. The minimum absolute atomic E-state index is 0.848. The molecule has 0 unspecified atom stereocenters. The van der Waals surface area contributed by atoms with Crippen molar-refractivity contribution in [3.05, 3.63) is 18.2 Å². The van der Waals surface area contributed by atoms with Gasteiger partial charge < -0.3 is 15.2 Å². The largest absolute Gasteiger partial charge is 0.348 e. The summed E-state index contributed by atoms with van der Waals surface area (Å²) in [4.78, 5) is 9.74. The van der Waals surface area contributed by atoms with Gasteiger partial charge in [-0.15, -0.1) is 0 Å². The molecule has 2 heterocycles. The number of hydrogen-bond donors (Lipinski definition) is 2. The maximum absolute atomic E-state index is 4.15. The third-order valence-corrected chi connectivity index (χ3v) is 2.65. The van der Waals surface area contributed by atoms with Crippen LogP contribution in [0.1, 0.15) is 18.7 Å². The summed E-state index contributed by atoms with van der Waals surface area (Å²) >= 11 is 0. The molecule has 14 heavy (non-hydrogen) atoms. The Balaban J connectivity index is 1.55. The van der Waals surface area contributed by atoms with Crippen LogP contribution in [-0.4, -0.2) is 41.0 Å². The molecule has 2 rings (SSSR count). The summed E-state index contributed by atoms with van der Waals surface area (Å²) in [5.74, 6) is 1.02. The lowest BCUT2D eigenvalue weighted by Gasteiger charge is -2.14. The molecular weight excluding hydrogens is 176 g/mol. The Bertz CT molecular complexity index is 239. The van der Waals surface area contributed by atoms with E-state index in [0.29, 0.717) is 0 Å². The Morgan fingerprint density at radius 3 is 3.00 bits per heavy atom. The molecule has 0 radical (unpaired) electrons. The number of H-pyrrole nitrogens is 1. The Labute approximate surface area is 84.7 Å². The summed E-state index contributed by atoms with van der Waals surface area (Å²) in [5, 5.41) is 3.38. The maximum atomic E-state index is 4.15. The summed E-state index contributed by atoms with van der Waals surface area (Å²) < 4.78 is 0. The molecule has 0 aromatic carbocycles. The van der Waals surface area contributed by atoms with Crippen LogP contribution in [0.25, 0.3) is 0 Å². The highest BCUT2D eigenvalue weighted by Gasteiger charge is 2.09. The highest BCUT2D eigenvalue weighted by molar-refractivity contribution is 4.85. The monoisotopic (exact) mass is 194 g/mol. The van der Waals surface area contributed by atoms with Crippen LogP contribution in [0.5, 0.6) is 0 Å². The minimum Gasteiger partial charge on any atom is -0.348 e. The van der Waals surface area contributed by atoms with Crippen molar-refractivity contribution in [3.8, 4) is 0 Å². The molecule has 1 aromatic rings. The molecule has 0 atom stereocenters. The number of hydrogen-bond acceptors (Lipinski definition) is 3. The van der Waals surface area contributed by atoms with E-state index in [4.69, 9.17) is 0 Å². The Hall–Kier alpha value is -0.870. The van der Waals surface area contributed by atoms with Gasteiger partial charge in [0.05, 0.1) is 6.54 Å². The van der Waals surface area contributed by atoms with Crippen molar-refractivity contribution in [3.63, 3.8) is 0 Å². The first-order chi connectivity index (χ1) is 6.95. The summed E-state index contributed by atoms with van der Waals surface area (Å²) in [6.45, 7) is 5.63. The first-order valence-corrected chi connectivity index (χ1v) is 5.36. The molecule has 1 saturated heterocycles. The summed E-state index contributed by atoms with van der Waals surface area (Å²) in [6.07, 6.45) is 6.39. The first-order valence-electron chi connectivity index (χ1n) is 5.36. The van der Waals surface area contributed by atoms with Gasteiger partial charge in [0.25, 0.3) is 0 Å². The average molecular weight is 194 g/mol. The maximum Gasteiger partial charge on any atom is 0.120 e. The topological polar surface area (TPSA) is 44.0 Å². The second-order valence-electron chi connectivity index (χ2n) is 3.76. The highest BCUT2D eigenvalue weighted by Crippen LogP contribution is 2.05. The van der Waals surface area contributed by atoms with E-state index < -0.39 is 0 Å². The van der Waals surface area contributed by atoms with Crippen LogP contribution in [0.2, 0.25) is 0 Å². The van der Waals surface area contributed by atoms with Crippen molar-refractivity contribution in [2.75, 3.05) is 26.2 Å². The summed E-state index contributed by atoms with van der Waals surface area (Å²) in [7, 11) is 0. The Morgan fingerprint density at radius 1 is 1.43 bits per heavy atom. The van der Waals surface area contributed by atoms with Crippen molar-refractivity contribution < 1.29 is 0 Å². The van der Waals surface area contributed by atoms with Crippen molar-refractivity contribution in [2.24, 2.45) is 0 Å². The van der Waals surface area contributed by atoms with E-state index in [1.165, 1.54) is 32.5 Å². The Kier molecular flexibility index (Phi) is 3.54. The highest BCUT2D eigenvalue weighted by atomic mass is 15.2. The molecule has 1 aromatic heterocycles. The molecule has 0 saturated carbocycles. The van der Waals surface area contributed by atoms with Crippen LogP contribution in [0.15, 0.2) is 12.4 Å². The van der Waals surface area contributed by atoms with Gasteiger partial charge >= 0.3 is 0 Å². The number of aromatic nitrogens is 2. The fourth-order valence-corrected chi connectivity index (χ4v) is 1.84. The van der Waals surface area contributed by atoms with E-state index in [0.717, 1.165) is 18.9 Å². The van der Waals surface area contributed by atoms with E-state index >= 15 is 0 Å². The van der Waals surface area contributed by atoms with Gasteiger partial charge in [0.1, 0.15) is 5.82 Å². The van der Waals surface area contributed by atoms with Crippen LogP contribution in [0.4, 0.5) is 0 Å². The number of rotatable bonds is 5. The van der Waals surface area contributed by atoms with Gasteiger partial charge in [-0.3, -0.25) is 0 Å². The van der Waals surface area contributed by atoms with Gasteiger partial charge in [-0.2, -0.15) is 0 Å². The minimum atomic E-state index is 0.848. The normalized spacial score (nSPS) is 17.7. The predicted molar refractivity (Wildman–Crippen MR) is 56.0 cm³/mol. The SMILES string of the molecule is c1c[nH]c(CNCCN2CCCC2)n1. The quantitative estimate of drug-likeness (QED) is 0.674. The first kappa shape index (κ1) is 9.68. The summed E-state index contributed by atoms with van der Waals surface area (Å²) in [5.41, 5.74) is 0. The molecule has 0 aliphatic carbocycles. The molecule has 78 valence electrons. The molecule has 4 nitrogen and oxygen atoms in total. The molecular formula is C10H18N4. The second-order valence-corrected chi connectivity index (χ2v) is 3.76. The number of nitrogens with one attached hydrogen (secondary N) is 2. The van der Waals surface area contributed by atoms with Gasteiger partial charge in [0, 0.05) is 25.5 Å². The number of nitrogens with zero attached hydrogens (tertiary/aromatic N) is 2. The van der Waals surface area contributed by atoms with Crippen molar-refractivity contribution >= 4 is 0 Å². The summed E-state index contributed by atoms with van der Waals surface area (Å²) in [6, 6.07) is 0. The van der Waals surface area contributed by atoms with E-state index in [9.17, 15) is 0 Å². The lowest BCUT2D eigenvalue weighted by molar-refractivity contribution is 0.335. The second kappa shape index (κ2) is 5.12. The molecule has 1 aliphatic heterocycles. The van der Waals surface area contributed by atoms with Gasteiger partial charge in [0.15, 0.2) is 0 Å². The predicted octanol–water partition coefficient (Wildman–Crippen LogP) is 0.595. The van der Waals surface area contributed by atoms with Gasteiger partial charge in [0.2, 0.25) is 0 Å². The van der Waals surface area contributed by atoms with Crippen LogP contribution < -0.4 is 5.32 Å². The van der Waals surface area contributed by atoms with E-state index in [-0.39, 0.29) is 0 Å². The average Bonchev–Trinajstić information content (AvgIpc) is 2.86. The van der Waals surface area contributed by atoms with Crippen LogP contribution >= 0.6 is 0 Å². The lowest BCUT2D eigenvalue weighted by atomic mass is 10.4. The van der Waals surface area contributed by atoms with Gasteiger partial charge in [-0.25, -0.2) is 4.98 Å². The molecule has 0 amide bonds. The molecule has 0 spiro atoms. The van der Waals surface area contributed by atoms with E-state index in [1.54, 1.807) is 6.20 Å². The lowest BCUT2D eigenvalue weighted by Crippen LogP contribution is -2.29. The van der Waals surface area contributed by atoms with E-state index in [1.807, 2.05) is 6.20 Å². The molecule has 2 N–H and O–H groups in total. The zero-order chi connectivity index (χ0) is 9.64. The smallest absolute Gasteiger partial charge is 0.120 e. The number of likely N-dealkylation sites (tertiary alicyclic amines) is 1. The fraction of sp³-hybridized carbons (Fsp3) is 0.700. The number of aromatic amines is 1. The standard InChI is InChI=1S/C10H18N4/c1-2-7-14(6-1)8-5-11-9-10-12-3-4-13-10/h3-4,11H,1-2,5-9H2,(H,12,13). The fourth-order valence-electron chi connectivity index (χ4n) is 1.84. The van der Waals surface area contributed by atoms with Crippen LogP contribution in [0, 0.1) is 0 Å². The third kappa shape index (κ3) is 2.82. The zero-order valence-electron chi connectivity index (χ0n) is 8.50. The molecule has 0 bridgehead atoms. The zero-order valence-corrected chi connectivity index (χ0v) is 8.50.